The number of pyridine rings is 1. The molecule has 0 radical (unpaired) electrons. The van der Waals surface area contributed by atoms with E-state index in [9.17, 15) is 0 Å². The first kappa shape index (κ1) is 20.4. The average molecular weight is 487 g/mol. The van der Waals surface area contributed by atoms with Crippen LogP contribution in [0.25, 0.3) is 16.6 Å². The van der Waals surface area contributed by atoms with Gasteiger partial charge in [-0.1, -0.05) is 36.4 Å². The molecule has 4 rings (SSSR count). The van der Waals surface area contributed by atoms with E-state index in [4.69, 9.17) is 0 Å². The third-order valence-electron chi connectivity index (χ3n) is 5.08. The van der Waals surface area contributed by atoms with Crippen LogP contribution in [-0.2, 0) is 6.42 Å². The van der Waals surface area contributed by atoms with Crippen LogP contribution >= 0.6 is 24.0 Å². The molecule has 28 heavy (non-hydrogen) atoms. The normalized spacial score (nSPS) is 14.5. The number of benzene rings is 1. The van der Waals surface area contributed by atoms with Gasteiger partial charge >= 0.3 is 0 Å². The van der Waals surface area contributed by atoms with Crippen LogP contribution in [0.1, 0.15) is 17.5 Å². The summed E-state index contributed by atoms with van der Waals surface area (Å²) in [5.41, 5.74) is 4.99. The molecule has 0 aliphatic carbocycles. The van der Waals surface area contributed by atoms with Gasteiger partial charge in [0.05, 0.1) is 0 Å². The molecule has 0 fully saturated rings. The quantitative estimate of drug-likeness (QED) is 0.331. The van der Waals surface area contributed by atoms with E-state index >= 15 is 0 Å². The number of H-pyrrole nitrogens is 1. The van der Waals surface area contributed by atoms with E-state index < -0.39 is 0 Å². The summed E-state index contributed by atoms with van der Waals surface area (Å²) >= 11 is 0. The van der Waals surface area contributed by atoms with E-state index in [0.717, 1.165) is 44.1 Å². The summed E-state index contributed by atoms with van der Waals surface area (Å²) in [6.45, 7) is 2.72. The number of aliphatic imine (C=N–C) groups is 1. The lowest BCUT2D eigenvalue weighted by Gasteiger charge is -2.29. The first-order valence-electron chi connectivity index (χ1n) is 9.46. The van der Waals surface area contributed by atoms with Crippen LogP contribution in [0.15, 0.2) is 65.9 Å². The molecule has 3 aromatic rings. The van der Waals surface area contributed by atoms with Gasteiger partial charge in [0.15, 0.2) is 5.96 Å². The monoisotopic (exact) mass is 487 g/mol. The lowest BCUT2D eigenvalue weighted by atomic mass is 10.00. The fourth-order valence-corrected chi connectivity index (χ4v) is 3.64. The lowest BCUT2D eigenvalue weighted by Crippen LogP contribution is -2.44. The highest BCUT2D eigenvalue weighted by atomic mass is 127. The Kier molecular flexibility index (Phi) is 7.08. The van der Waals surface area contributed by atoms with Crippen LogP contribution in [0, 0.1) is 0 Å². The largest absolute Gasteiger partial charge is 0.356 e. The fraction of sp³-hybridized carbons (Fsp3) is 0.273. The van der Waals surface area contributed by atoms with Crippen molar-refractivity contribution in [2.45, 2.75) is 12.8 Å². The number of hydrogen-bond donors (Lipinski definition) is 2. The molecule has 2 N–H and O–H groups in total. The zero-order valence-electron chi connectivity index (χ0n) is 16.1. The van der Waals surface area contributed by atoms with Gasteiger partial charge in [0.1, 0.15) is 5.65 Å². The minimum Gasteiger partial charge on any atom is -0.356 e. The van der Waals surface area contributed by atoms with Gasteiger partial charge in [0.25, 0.3) is 0 Å². The van der Waals surface area contributed by atoms with E-state index in [-0.39, 0.29) is 24.0 Å². The van der Waals surface area contributed by atoms with E-state index in [2.05, 4.69) is 73.8 Å². The number of rotatable bonds is 4. The molecule has 3 heterocycles. The third kappa shape index (κ3) is 4.55. The molecule has 6 heteroatoms. The summed E-state index contributed by atoms with van der Waals surface area (Å²) in [6.07, 6.45) is 8.16. The van der Waals surface area contributed by atoms with Gasteiger partial charge in [-0.15, -0.1) is 24.0 Å². The zero-order chi connectivity index (χ0) is 18.5. The number of fused-ring (bicyclic) bond motifs is 1. The van der Waals surface area contributed by atoms with Gasteiger partial charge in [0, 0.05) is 44.5 Å². The van der Waals surface area contributed by atoms with Crippen molar-refractivity contribution >= 4 is 46.5 Å². The summed E-state index contributed by atoms with van der Waals surface area (Å²) < 4.78 is 0. The number of nitrogens with one attached hydrogen (secondary N) is 2. The maximum Gasteiger partial charge on any atom is 0.193 e. The van der Waals surface area contributed by atoms with Gasteiger partial charge in [-0.2, -0.15) is 0 Å². The van der Waals surface area contributed by atoms with Gasteiger partial charge in [-0.25, -0.2) is 4.98 Å². The Morgan fingerprint density at radius 3 is 2.82 bits per heavy atom. The maximum absolute atomic E-state index is 4.47. The van der Waals surface area contributed by atoms with Crippen molar-refractivity contribution in [1.82, 2.24) is 20.2 Å². The summed E-state index contributed by atoms with van der Waals surface area (Å²) in [7, 11) is 1.86. The first-order chi connectivity index (χ1) is 13.3. The second-order valence-electron chi connectivity index (χ2n) is 6.73. The van der Waals surface area contributed by atoms with Crippen molar-refractivity contribution < 1.29 is 0 Å². The molecule has 0 bridgehead atoms. The highest BCUT2D eigenvalue weighted by Crippen LogP contribution is 2.22. The predicted molar refractivity (Wildman–Crippen MR) is 127 cm³/mol. The van der Waals surface area contributed by atoms with Crippen molar-refractivity contribution in [3.05, 3.63) is 72.1 Å². The maximum atomic E-state index is 4.47. The molecule has 0 amide bonds. The molecule has 1 aliphatic heterocycles. The molecule has 0 unspecified atom stereocenters. The topological polar surface area (TPSA) is 56.3 Å². The highest BCUT2D eigenvalue weighted by Gasteiger charge is 2.16. The minimum absolute atomic E-state index is 0. The molecule has 5 nitrogen and oxygen atoms in total. The summed E-state index contributed by atoms with van der Waals surface area (Å²) in [5, 5.41) is 4.71. The Labute approximate surface area is 183 Å². The molecule has 1 aromatic carbocycles. The minimum atomic E-state index is 0. The number of nitrogens with zero attached hydrogens (tertiary/aromatic N) is 3. The van der Waals surface area contributed by atoms with Gasteiger partial charge in [-0.05, 0) is 41.7 Å². The lowest BCUT2D eigenvalue weighted by molar-refractivity contribution is 0.440. The van der Waals surface area contributed by atoms with Crippen molar-refractivity contribution in [3.8, 4) is 0 Å². The Morgan fingerprint density at radius 1 is 1.21 bits per heavy atom. The Balaban J connectivity index is 0.00000225. The van der Waals surface area contributed by atoms with E-state index in [0.29, 0.717) is 0 Å². The van der Waals surface area contributed by atoms with Crippen LogP contribution < -0.4 is 5.32 Å². The molecular weight excluding hydrogens is 461 g/mol. The van der Waals surface area contributed by atoms with Gasteiger partial charge in [0.2, 0.25) is 0 Å². The van der Waals surface area contributed by atoms with Crippen LogP contribution in [0.2, 0.25) is 0 Å². The second kappa shape index (κ2) is 9.73. The van der Waals surface area contributed by atoms with E-state index in [1.807, 2.05) is 19.3 Å². The number of aromatic nitrogens is 2. The van der Waals surface area contributed by atoms with E-state index in [1.165, 1.54) is 22.1 Å². The molecule has 2 aromatic heterocycles. The molecule has 0 spiro atoms. The highest BCUT2D eigenvalue weighted by molar-refractivity contribution is 14.0. The van der Waals surface area contributed by atoms with Crippen LogP contribution in [-0.4, -0.2) is 47.5 Å². The fourth-order valence-electron chi connectivity index (χ4n) is 3.64. The zero-order valence-corrected chi connectivity index (χ0v) is 18.4. The van der Waals surface area contributed by atoms with Gasteiger partial charge in [-0.3, -0.25) is 4.99 Å². The molecule has 0 saturated heterocycles. The summed E-state index contributed by atoms with van der Waals surface area (Å²) in [6, 6.07) is 14.7. The van der Waals surface area contributed by atoms with Gasteiger partial charge < -0.3 is 15.2 Å². The number of hydrogen-bond acceptors (Lipinski definition) is 2. The summed E-state index contributed by atoms with van der Waals surface area (Å²) in [4.78, 5) is 14.4. The third-order valence-corrected chi connectivity index (χ3v) is 5.08. The van der Waals surface area contributed by atoms with Crippen molar-refractivity contribution in [1.29, 1.82) is 0 Å². The smallest absolute Gasteiger partial charge is 0.193 e. The molecular formula is C22H26IN5. The standard InChI is InChI=1S/C22H25N5.HI/c1-23-22(25-13-9-19-16-26-21-20(19)8-5-12-24-21)27-14-10-18(11-15-27)17-6-3-2-4-7-17;/h2-8,10,12,16H,9,11,13-15H2,1H3,(H,23,25)(H,24,26);1H. The molecule has 146 valence electrons. The van der Waals surface area contributed by atoms with Crippen LogP contribution in [0.3, 0.4) is 0 Å². The Bertz CT molecular complexity index is 961. The molecule has 0 saturated carbocycles. The van der Waals surface area contributed by atoms with Crippen molar-refractivity contribution in [2.75, 3.05) is 26.7 Å². The first-order valence-corrected chi connectivity index (χ1v) is 9.46. The van der Waals surface area contributed by atoms with Crippen LogP contribution in [0.5, 0.6) is 0 Å². The second-order valence-corrected chi connectivity index (χ2v) is 6.73. The van der Waals surface area contributed by atoms with Crippen molar-refractivity contribution in [2.24, 2.45) is 4.99 Å². The number of aromatic amines is 1. The molecule has 0 atom stereocenters. The Morgan fingerprint density at radius 2 is 2.07 bits per heavy atom. The summed E-state index contributed by atoms with van der Waals surface area (Å²) in [5.74, 6) is 0.969. The van der Waals surface area contributed by atoms with Crippen LogP contribution in [0.4, 0.5) is 0 Å². The predicted octanol–water partition coefficient (Wildman–Crippen LogP) is 4.09. The Hall–Kier alpha value is -2.35. The number of guanidine groups is 1. The average Bonchev–Trinajstić information content (AvgIpc) is 3.15. The van der Waals surface area contributed by atoms with Crippen molar-refractivity contribution in [3.63, 3.8) is 0 Å². The van der Waals surface area contributed by atoms with E-state index in [1.54, 1.807) is 0 Å². The molecule has 1 aliphatic rings. The number of halogens is 1. The SMILES string of the molecule is CN=C(NCCc1c[nH]c2ncccc12)N1CC=C(c2ccccc2)CC1.I.